The molecule has 0 aliphatic carbocycles. The third kappa shape index (κ3) is 0.546. The smallest absolute Gasteiger partial charge is 0.0749 e. The minimum atomic E-state index is -0.631. The summed E-state index contributed by atoms with van der Waals surface area (Å²) in [5.74, 6) is 0. The Bertz CT molecular complexity index is 81.9. The summed E-state index contributed by atoms with van der Waals surface area (Å²) in [5, 5.41) is 0. The maximum atomic E-state index is 2.38. The highest BCUT2D eigenvalue weighted by Crippen LogP contribution is 2.19. The molecule has 1 rings (SSSR count). The first-order valence-electron chi connectivity index (χ1n) is 2.38. The molecule has 0 spiro atoms. The molecule has 0 saturated heterocycles. The van der Waals surface area contributed by atoms with Gasteiger partial charge in [0.1, 0.15) is 0 Å². The maximum Gasteiger partial charge on any atom is 0.0749 e. The second kappa shape index (κ2) is 0.967. The molecule has 0 aromatic carbocycles. The Morgan fingerprint density at radius 2 is 1.83 bits per heavy atom. The molecule has 0 saturated carbocycles. The van der Waals surface area contributed by atoms with Gasteiger partial charge in [0.05, 0.1) is 8.07 Å². The van der Waals surface area contributed by atoms with E-state index in [9.17, 15) is 0 Å². The number of hydrogen-bond acceptors (Lipinski definition) is 0. The van der Waals surface area contributed by atoms with Crippen molar-refractivity contribution >= 4 is 8.07 Å². The highest BCUT2D eigenvalue weighted by atomic mass is 28.3. The van der Waals surface area contributed by atoms with Gasteiger partial charge in [-0.3, -0.25) is 0 Å². The Morgan fingerprint density at radius 3 is 1.83 bits per heavy atom. The molecule has 0 amide bonds. The van der Waals surface area contributed by atoms with Gasteiger partial charge in [-0.25, -0.2) is 0 Å². The van der Waals surface area contributed by atoms with E-state index < -0.39 is 8.07 Å². The summed E-state index contributed by atoms with van der Waals surface area (Å²) < 4.78 is 0. The summed E-state index contributed by atoms with van der Waals surface area (Å²) in [5.41, 5.74) is 2.38. The molecule has 0 fully saturated rings. The zero-order valence-electron chi connectivity index (χ0n) is 4.36. The standard InChI is InChI=1S/C5H10Si/c1-6(2)4-3-5-6/h3-4H,5H2,1-2H3. The third-order valence-corrected chi connectivity index (χ3v) is 3.64. The molecule has 0 bridgehead atoms. The lowest BCUT2D eigenvalue weighted by atomic mass is 10.7. The second-order valence-electron chi connectivity index (χ2n) is 2.60. The minimum absolute atomic E-state index is 0.631. The van der Waals surface area contributed by atoms with Gasteiger partial charge in [-0.15, -0.1) is 0 Å². The van der Waals surface area contributed by atoms with Gasteiger partial charge in [-0.1, -0.05) is 24.9 Å². The zero-order valence-corrected chi connectivity index (χ0v) is 5.36. The van der Waals surface area contributed by atoms with Crippen molar-refractivity contribution in [3.8, 4) is 0 Å². The van der Waals surface area contributed by atoms with E-state index in [-0.39, 0.29) is 0 Å². The first kappa shape index (κ1) is 4.12. The largest absolute Gasteiger partial charge is 0.0986 e. The summed E-state index contributed by atoms with van der Waals surface area (Å²) in [4.78, 5) is 0. The SMILES string of the molecule is C[Si]1(C)C=CC1. The van der Waals surface area contributed by atoms with Crippen LogP contribution in [0.15, 0.2) is 11.8 Å². The van der Waals surface area contributed by atoms with Crippen LogP contribution in [0.5, 0.6) is 0 Å². The van der Waals surface area contributed by atoms with E-state index in [4.69, 9.17) is 0 Å². The predicted octanol–water partition coefficient (Wildman–Crippen LogP) is 1.80. The lowest BCUT2D eigenvalue weighted by molar-refractivity contribution is 1.47. The van der Waals surface area contributed by atoms with Crippen molar-refractivity contribution in [2.75, 3.05) is 0 Å². The van der Waals surface area contributed by atoms with Gasteiger partial charge in [-0.2, -0.15) is 0 Å². The third-order valence-electron chi connectivity index (χ3n) is 1.21. The van der Waals surface area contributed by atoms with Crippen molar-refractivity contribution < 1.29 is 0 Å². The number of rotatable bonds is 0. The number of hydrogen-bond donors (Lipinski definition) is 0. The second-order valence-corrected chi connectivity index (χ2v) is 7.31. The molecular weight excluding hydrogens is 88.1 g/mol. The molecule has 0 aromatic rings. The summed E-state index contributed by atoms with van der Waals surface area (Å²) >= 11 is 0. The molecule has 6 heavy (non-hydrogen) atoms. The average Bonchev–Trinajstić information content (AvgIpc) is 1.32. The summed E-state index contributed by atoms with van der Waals surface area (Å²) in [6.45, 7) is 4.76. The van der Waals surface area contributed by atoms with Crippen molar-refractivity contribution in [2.24, 2.45) is 0 Å². The lowest BCUT2D eigenvalue weighted by Crippen LogP contribution is -2.27. The van der Waals surface area contributed by atoms with E-state index in [1.165, 1.54) is 6.04 Å². The maximum absolute atomic E-state index is 2.38. The normalized spacial score (nSPS) is 26.3. The van der Waals surface area contributed by atoms with E-state index in [0.717, 1.165) is 0 Å². The topological polar surface area (TPSA) is 0 Å². The number of allylic oxidation sites excluding steroid dienone is 1. The summed E-state index contributed by atoms with van der Waals surface area (Å²) in [6.07, 6.45) is 2.27. The molecule has 0 nitrogen and oxygen atoms in total. The summed E-state index contributed by atoms with van der Waals surface area (Å²) in [6, 6.07) is 1.41. The molecule has 0 unspecified atom stereocenters. The fourth-order valence-electron chi connectivity index (χ4n) is 0.589. The van der Waals surface area contributed by atoms with Gasteiger partial charge in [0.2, 0.25) is 0 Å². The van der Waals surface area contributed by atoms with Crippen LogP contribution in [0.4, 0.5) is 0 Å². The fraction of sp³-hybridized carbons (Fsp3) is 0.600. The van der Waals surface area contributed by atoms with Gasteiger partial charge in [-0.05, 0) is 6.04 Å². The van der Waals surface area contributed by atoms with Crippen LogP contribution in [0.25, 0.3) is 0 Å². The van der Waals surface area contributed by atoms with Crippen molar-refractivity contribution in [2.45, 2.75) is 19.1 Å². The lowest BCUT2D eigenvalue weighted by Gasteiger charge is -2.22. The Labute approximate surface area is 39.9 Å². The molecule has 1 aliphatic rings. The van der Waals surface area contributed by atoms with Crippen LogP contribution >= 0.6 is 0 Å². The van der Waals surface area contributed by atoms with Gasteiger partial charge < -0.3 is 0 Å². The molecular formula is C5H10Si. The molecule has 34 valence electrons. The van der Waals surface area contributed by atoms with Crippen LogP contribution < -0.4 is 0 Å². The van der Waals surface area contributed by atoms with Crippen LogP contribution in [0.3, 0.4) is 0 Å². The van der Waals surface area contributed by atoms with Crippen LogP contribution in [-0.2, 0) is 0 Å². The molecule has 0 radical (unpaired) electrons. The van der Waals surface area contributed by atoms with Crippen molar-refractivity contribution in [3.63, 3.8) is 0 Å². The minimum Gasteiger partial charge on any atom is -0.0986 e. The Morgan fingerprint density at radius 1 is 1.50 bits per heavy atom. The zero-order chi connectivity index (χ0) is 4.62. The fourth-order valence-corrected chi connectivity index (χ4v) is 1.77. The molecule has 0 N–H and O–H groups in total. The Balaban J connectivity index is 2.57. The molecule has 0 aromatic heterocycles. The quantitative estimate of drug-likeness (QED) is 0.405. The van der Waals surface area contributed by atoms with Gasteiger partial charge >= 0.3 is 0 Å². The average molecular weight is 98.2 g/mol. The highest BCUT2D eigenvalue weighted by molar-refractivity contribution is 6.85. The Kier molecular flexibility index (Phi) is 0.665. The Hall–Kier alpha value is -0.0431. The van der Waals surface area contributed by atoms with Crippen molar-refractivity contribution in [3.05, 3.63) is 11.8 Å². The van der Waals surface area contributed by atoms with Gasteiger partial charge in [0.25, 0.3) is 0 Å². The van der Waals surface area contributed by atoms with Crippen LogP contribution in [0.1, 0.15) is 0 Å². The van der Waals surface area contributed by atoms with Gasteiger partial charge in [0.15, 0.2) is 0 Å². The van der Waals surface area contributed by atoms with E-state index in [1.807, 2.05) is 0 Å². The highest BCUT2D eigenvalue weighted by Gasteiger charge is 2.20. The molecule has 1 heterocycles. The van der Waals surface area contributed by atoms with Gasteiger partial charge in [0, 0.05) is 0 Å². The molecule has 1 heteroatoms. The first-order valence-corrected chi connectivity index (χ1v) is 5.67. The van der Waals surface area contributed by atoms with Crippen LogP contribution in [0.2, 0.25) is 19.1 Å². The predicted molar refractivity (Wildman–Crippen MR) is 31.4 cm³/mol. The van der Waals surface area contributed by atoms with E-state index in [1.54, 1.807) is 0 Å². The van der Waals surface area contributed by atoms with E-state index in [0.29, 0.717) is 0 Å². The monoisotopic (exact) mass is 98.1 g/mol. The van der Waals surface area contributed by atoms with Crippen LogP contribution in [-0.4, -0.2) is 8.07 Å². The van der Waals surface area contributed by atoms with E-state index in [2.05, 4.69) is 24.9 Å². The van der Waals surface area contributed by atoms with Crippen molar-refractivity contribution in [1.29, 1.82) is 0 Å². The molecule has 0 atom stereocenters. The van der Waals surface area contributed by atoms with E-state index >= 15 is 0 Å². The summed E-state index contributed by atoms with van der Waals surface area (Å²) in [7, 11) is -0.631. The molecule has 1 aliphatic heterocycles. The first-order chi connectivity index (χ1) is 2.71. The van der Waals surface area contributed by atoms with Crippen molar-refractivity contribution in [1.82, 2.24) is 0 Å². The van der Waals surface area contributed by atoms with Crippen LogP contribution in [0, 0.1) is 0 Å².